The molecule has 5 rings (SSSR count). The van der Waals surface area contributed by atoms with Crippen molar-refractivity contribution >= 4 is 12.0 Å². The first-order valence-corrected chi connectivity index (χ1v) is 10.7. The fourth-order valence-electron chi connectivity index (χ4n) is 4.71. The predicted octanol–water partition coefficient (Wildman–Crippen LogP) is 5.23. The number of amides is 1. The van der Waals surface area contributed by atoms with Crippen molar-refractivity contribution in [2.75, 3.05) is 0 Å². The van der Waals surface area contributed by atoms with Crippen LogP contribution in [-0.4, -0.2) is 27.1 Å². The van der Waals surface area contributed by atoms with Crippen LogP contribution in [0.1, 0.15) is 40.7 Å². The number of ether oxygens (including phenoxy) is 1. The lowest BCUT2D eigenvalue weighted by Crippen LogP contribution is -2.38. The second-order valence-electron chi connectivity index (χ2n) is 8.48. The highest BCUT2D eigenvalue weighted by Gasteiger charge is 2.43. The molecule has 9 heteroatoms. The van der Waals surface area contributed by atoms with Crippen LogP contribution >= 0.6 is 0 Å². The Labute approximate surface area is 187 Å². The van der Waals surface area contributed by atoms with E-state index >= 15 is 0 Å². The molecule has 2 heterocycles. The van der Waals surface area contributed by atoms with Crippen molar-refractivity contribution in [1.82, 2.24) is 20.5 Å². The number of aromatic amines is 1. The number of hydrogen-bond acceptors (Lipinski definition) is 4. The van der Waals surface area contributed by atoms with Gasteiger partial charge in [-0.15, -0.1) is 0 Å². The predicted molar refractivity (Wildman–Crippen MR) is 114 cm³/mol. The van der Waals surface area contributed by atoms with Gasteiger partial charge < -0.3 is 10.1 Å². The summed E-state index contributed by atoms with van der Waals surface area (Å²) in [5.74, 6) is 1.33. The molecule has 3 unspecified atom stereocenters. The lowest BCUT2D eigenvalue weighted by Gasteiger charge is -2.24. The Morgan fingerprint density at radius 2 is 2.06 bits per heavy atom. The van der Waals surface area contributed by atoms with E-state index in [4.69, 9.17) is 4.74 Å². The largest absolute Gasteiger partial charge is 0.439 e. The molecule has 6 nitrogen and oxygen atoms in total. The number of fused-ring (bicyclic) bond motifs is 2. The number of halogens is 3. The van der Waals surface area contributed by atoms with Crippen LogP contribution in [0.25, 0.3) is 6.08 Å². The van der Waals surface area contributed by atoms with Crippen LogP contribution in [0, 0.1) is 11.8 Å². The molecule has 0 saturated heterocycles. The molecule has 3 aromatic rings. The SMILES string of the molecule is O=C(NC1CC2CC1CC2=Cc1cccc(Oc2ccc(C(F)(F)F)cn2)c1)c1cn[nH]c1. The average molecular weight is 454 g/mol. The third-order valence-corrected chi connectivity index (χ3v) is 6.29. The average Bonchev–Trinajstić information content (AvgIpc) is 3.52. The summed E-state index contributed by atoms with van der Waals surface area (Å²) in [6, 6.07) is 9.71. The highest BCUT2D eigenvalue weighted by molar-refractivity contribution is 5.93. The zero-order valence-corrected chi connectivity index (χ0v) is 17.5. The Balaban J connectivity index is 1.22. The van der Waals surface area contributed by atoms with Crippen LogP contribution in [-0.2, 0) is 6.18 Å². The molecule has 2 aliphatic rings. The summed E-state index contributed by atoms with van der Waals surface area (Å²) in [5.41, 5.74) is 2.02. The number of alkyl halides is 3. The van der Waals surface area contributed by atoms with Crippen LogP contribution < -0.4 is 10.1 Å². The van der Waals surface area contributed by atoms with Crippen LogP contribution in [0.2, 0.25) is 0 Å². The van der Waals surface area contributed by atoms with Gasteiger partial charge in [0.15, 0.2) is 0 Å². The number of benzene rings is 1. The van der Waals surface area contributed by atoms with Gasteiger partial charge in [-0.25, -0.2) is 4.98 Å². The maximum Gasteiger partial charge on any atom is 0.417 e. The van der Waals surface area contributed by atoms with Crippen LogP contribution in [0.4, 0.5) is 13.2 Å². The molecule has 33 heavy (non-hydrogen) atoms. The number of H-pyrrole nitrogens is 1. The number of pyridine rings is 1. The molecule has 2 N–H and O–H groups in total. The molecule has 3 atom stereocenters. The van der Waals surface area contributed by atoms with E-state index in [2.05, 4.69) is 26.6 Å². The van der Waals surface area contributed by atoms with Gasteiger partial charge >= 0.3 is 6.18 Å². The summed E-state index contributed by atoms with van der Waals surface area (Å²) in [6.07, 6.45) is 4.46. The normalized spacial score (nSPS) is 23.1. The van der Waals surface area contributed by atoms with Crippen LogP contribution in [0.15, 0.2) is 60.6 Å². The summed E-state index contributed by atoms with van der Waals surface area (Å²) in [6.45, 7) is 0. The van der Waals surface area contributed by atoms with Gasteiger partial charge in [-0.2, -0.15) is 18.3 Å². The van der Waals surface area contributed by atoms with Gasteiger partial charge in [-0.1, -0.05) is 23.8 Å². The van der Waals surface area contributed by atoms with Gasteiger partial charge in [-0.3, -0.25) is 9.89 Å². The fraction of sp³-hybridized carbons (Fsp3) is 0.292. The lowest BCUT2D eigenvalue weighted by atomic mass is 9.89. The zero-order valence-electron chi connectivity index (χ0n) is 17.5. The Bertz CT molecular complexity index is 1170. The topological polar surface area (TPSA) is 79.9 Å². The van der Waals surface area contributed by atoms with Gasteiger partial charge in [0.1, 0.15) is 5.75 Å². The zero-order chi connectivity index (χ0) is 23.0. The summed E-state index contributed by atoms with van der Waals surface area (Å²) in [4.78, 5) is 16.1. The number of carbonyl (C=O) groups excluding carboxylic acids is 1. The Morgan fingerprint density at radius 1 is 1.18 bits per heavy atom. The highest BCUT2D eigenvalue weighted by atomic mass is 19.4. The van der Waals surface area contributed by atoms with E-state index in [1.165, 1.54) is 17.8 Å². The second kappa shape index (κ2) is 8.38. The first-order chi connectivity index (χ1) is 15.8. The number of carbonyl (C=O) groups is 1. The van der Waals surface area contributed by atoms with E-state index in [1.54, 1.807) is 12.3 Å². The molecule has 0 radical (unpaired) electrons. The third kappa shape index (κ3) is 4.62. The molecule has 0 aliphatic heterocycles. The highest BCUT2D eigenvalue weighted by Crippen LogP contribution is 2.49. The van der Waals surface area contributed by atoms with Gasteiger partial charge in [0.05, 0.1) is 17.3 Å². The van der Waals surface area contributed by atoms with Crippen molar-refractivity contribution in [1.29, 1.82) is 0 Å². The summed E-state index contributed by atoms with van der Waals surface area (Å²) in [7, 11) is 0. The first-order valence-electron chi connectivity index (χ1n) is 10.7. The molecular formula is C24H21F3N4O2. The van der Waals surface area contributed by atoms with Crippen molar-refractivity contribution in [2.45, 2.75) is 31.5 Å². The van der Waals surface area contributed by atoms with Crippen LogP contribution in [0.3, 0.4) is 0 Å². The van der Waals surface area contributed by atoms with E-state index < -0.39 is 11.7 Å². The Morgan fingerprint density at radius 3 is 2.73 bits per heavy atom. The summed E-state index contributed by atoms with van der Waals surface area (Å²) < 4.78 is 43.7. The van der Waals surface area contributed by atoms with E-state index in [0.29, 0.717) is 23.1 Å². The number of rotatable bonds is 5. The molecule has 1 amide bonds. The van der Waals surface area contributed by atoms with E-state index in [1.807, 2.05) is 18.2 Å². The van der Waals surface area contributed by atoms with E-state index in [9.17, 15) is 18.0 Å². The van der Waals surface area contributed by atoms with Crippen molar-refractivity contribution in [3.05, 3.63) is 77.3 Å². The minimum atomic E-state index is -4.43. The maximum absolute atomic E-state index is 12.7. The van der Waals surface area contributed by atoms with Gasteiger partial charge in [0.2, 0.25) is 5.88 Å². The van der Waals surface area contributed by atoms with Gasteiger partial charge in [0, 0.05) is 24.5 Å². The number of nitrogens with zero attached hydrogens (tertiary/aromatic N) is 2. The number of aromatic nitrogens is 3. The number of allylic oxidation sites excluding steroid dienone is 1. The molecule has 2 aliphatic carbocycles. The molecule has 0 spiro atoms. The molecular weight excluding hydrogens is 433 g/mol. The first kappa shape index (κ1) is 21.2. The Hall–Kier alpha value is -3.62. The van der Waals surface area contributed by atoms with E-state index in [-0.39, 0.29) is 17.8 Å². The van der Waals surface area contributed by atoms with Crippen molar-refractivity contribution in [3.8, 4) is 11.6 Å². The van der Waals surface area contributed by atoms with Gasteiger partial charge in [-0.05, 0) is 54.9 Å². The summed E-state index contributed by atoms with van der Waals surface area (Å²) in [5, 5.41) is 9.59. The smallest absolute Gasteiger partial charge is 0.417 e. The molecule has 2 aromatic heterocycles. The quantitative estimate of drug-likeness (QED) is 0.554. The lowest BCUT2D eigenvalue weighted by molar-refractivity contribution is -0.137. The monoisotopic (exact) mass is 454 g/mol. The molecule has 170 valence electrons. The Kier molecular flexibility index (Phi) is 5.39. The summed E-state index contributed by atoms with van der Waals surface area (Å²) >= 11 is 0. The van der Waals surface area contributed by atoms with Crippen molar-refractivity contribution in [2.24, 2.45) is 11.8 Å². The number of hydrogen-bond donors (Lipinski definition) is 2. The minimum Gasteiger partial charge on any atom is -0.439 e. The van der Waals surface area contributed by atoms with Crippen molar-refractivity contribution < 1.29 is 22.7 Å². The maximum atomic E-state index is 12.7. The fourth-order valence-corrected chi connectivity index (χ4v) is 4.71. The molecule has 2 fully saturated rings. The number of nitrogens with one attached hydrogen (secondary N) is 2. The second-order valence-corrected chi connectivity index (χ2v) is 8.48. The molecule has 1 aromatic carbocycles. The van der Waals surface area contributed by atoms with Crippen LogP contribution in [0.5, 0.6) is 11.6 Å². The third-order valence-electron chi connectivity index (χ3n) is 6.29. The molecule has 2 saturated carbocycles. The van der Waals surface area contributed by atoms with Crippen molar-refractivity contribution in [3.63, 3.8) is 0 Å². The standard InChI is InChI=1S/C24H21F3N4O2/c25-24(26,27)19-4-5-22(28-13-19)33-20-3-1-2-14(7-20)6-15-8-17-9-16(15)10-21(17)31-23(32)18-11-29-30-12-18/h1-7,11-13,16-17,21H,8-10H2,(H,29,30)(H,31,32). The minimum absolute atomic E-state index is 0.101. The van der Waals surface area contributed by atoms with Gasteiger partial charge in [0.25, 0.3) is 5.91 Å². The van der Waals surface area contributed by atoms with E-state index in [0.717, 1.165) is 37.1 Å². The molecule has 2 bridgehead atoms.